The summed E-state index contributed by atoms with van der Waals surface area (Å²) in [5.41, 5.74) is 2.59. The lowest BCUT2D eigenvalue weighted by Crippen LogP contribution is -2.47. The van der Waals surface area contributed by atoms with Gasteiger partial charge in [-0.25, -0.2) is 4.79 Å². The Morgan fingerprint density at radius 3 is 2.52 bits per heavy atom. The van der Waals surface area contributed by atoms with E-state index in [4.69, 9.17) is 0 Å². The van der Waals surface area contributed by atoms with Crippen LogP contribution in [0.25, 0.3) is 0 Å². The predicted octanol–water partition coefficient (Wildman–Crippen LogP) is 2.70. The molecule has 0 unspecified atom stereocenters. The molecule has 3 aliphatic heterocycles. The summed E-state index contributed by atoms with van der Waals surface area (Å²) in [5, 5.41) is 3.06. The summed E-state index contributed by atoms with van der Waals surface area (Å²) in [5.74, 6) is 0.0607. The van der Waals surface area contributed by atoms with Crippen molar-refractivity contribution in [3.8, 4) is 0 Å². The smallest absolute Gasteiger partial charge is 0.322 e. The topological polar surface area (TPSA) is 55.9 Å². The molecule has 0 bridgehead atoms. The Labute approximate surface area is 160 Å². The van der Waals surface area contributed by atoms with E-state index in [9.17, 15) is 9.59 Å². The van der Waals surface area contributed by atoms with E-state index in [0.717, 1.165) is 36.3 Å². The molecular weight excluding hydrogens is 340 g/mol. The first-order valence-corrected chi connectivity index (χ1v) is 10.1. The Kier molecular flexibility index (Phi) is 5.16. The van der Waals surface area contributed by atoms with Crippen molar-refractivity contribution in [3.63, 3.8) is 0 Å². The van der Waals surface area contributed by atoms with Crippen LogP contribution in [0.1, 0.15) is 44.2 Å². The highest BCUT2D eigenvalue weighted by Gasteiger charge is 2.44. The highest BCUT2D eigenvalue weighted by Crippen LogP contribution is 2.36. The van der Waals surface area contributed by atoms with Crippen molar-refractivity contribution >= 4 is 11.9 Å². The Hall–Kier alpha value is -2.34. The summed E-state index contributed by atoms with van der Waals surface area (Å²) in [6.07, 6.45) is 4.53. The highest BCUT2D eigenvalue weighted by atomic mass is 16.2. The maximum atomic E-state index is 13.3. The van der Waals surface area contributed by atoms with Crippen molar-refractivity contribution in [3.05, 3.63) is 47.2 Å². The van der Waals surface area contributed by atoms with Crippen LogP contribution >= 0.6 is 0 Å². The minimum Gasteiger partial charge on any atom is -0.326 e. The predicted molar refractivity (Wildman–Crippen MR) is 104 cm³/mol. The Morgan fingerprint density at radius 2 is 1.81 bits per heavy atom. The van der Waals surface area contributed by atoms with Gasteiger partial charge >= 0.3 is 6.03 Å². The number of amides is 3. The molecule has 3 amide bonds. The van der Waals surface area contributed by atoms with Crippen molar-refractivity contribution in [2.45, 2.75) is 38.6 Å². The minimum absolute atomic E-state index is 0.0607. The van der Waals surface area contributed by atoms with Gasteiger partial charge in [-0.3, -0.25) is 14.6 Å². The lowest BCUT2D eigenvalue weighted by atomic mass is 9.95. The molecule has 1 fully saturated rings. The lowest BCUT2D eigenvalue weighted by molar-refractivity contribution is -0.127. The highest BCUT2D eigenvalue weighted by molar-refractivity contribution is 6.01. The van der Waals surface area contributed by atoms with Gasteiger partial charge in [0.15, 0.2) is 0 Å². The van der Waals surface area contributed by atoms with E-state index >= 15 is 0 Å². The molecule has 1 atom stereocenters. The fraction of sp³-hybridized carbons (Fsp3) is 0.524. The average molecular weight is 368 g/mol. The third-order valence-electron chi connectivity index (χ3n) is 5.70. The fourth-order valence-corrected chi connectivity index (χ4v) is 4.36. The Balaban J connectivity index is 1.63. The molecule has 0 aromatic heterocycles. The molecule has 144 valence electrons. The standard InChI is InChI=1S/C21H28N4O2/c1-2-11-25-17-14-24(15-23-12-7-4-8-13-23)20(26)18(17)19(22-21(25)27)16-9-5-3-6-10-16/h3,5-6,9-10,19H,2,4,7-8,11-15H2,1H3,(H,22,27)/t19-/m1/s1. The molecule has 0 radical (unpaired) electrons. The van der Waals surface area contributed by atoms with Gasteiger partial charge in [-0.2, -0.15) is 0 Å². The van der Waals surface area contributed by atoms with Crippen LogP contribution in [0.4, 0.5) is 4.79 Å². The molecule has 1 aromatic carbocycles. The van der Waals surface area contributed by atoms with Gasteiger partial charge in [0.05, 0.1) is 30.5 Å². The van der Waals surface area contributed by atoms with Crippen molar-refractivity contribution in [2.24, 2.45) is 0 Å². The second-order valence-corrected chi connectivity index (χ2v) is 7.63. The van der Waals surface area contributed by atoms with E-state index in [1.54, 1.807) is 4.90 Å². The van der Waals surface area contributed by atoms with Crippen LogP contribution in [0.2, 0.25) is 0 Å². The molecule has 4 rings (SSSR count). The normalized spacial score (nSPS) is 23.7. The summed E-state index contributed by atoms with van der Waals surface area (Å²) in [4.78, 5) is 32.1. The van der Waals surface area contributed by atoms with Crippen molar-refractivity contribution in [1.29, 1.82) is 0 Å². The number of nitrogens with zero attached hydrogens (tertiary/aromatic N) is 3. The van der Waals surface area contributed by atoms with E-state index < -0.39 is 0 Å². The van der Waals surface area contributed by atoms with Gasteiger partial charge in [-0.05, 0) is 37.9 Å². The number of urea groups is 1. The zero-order valence-electron chi connectivity index (χ0n) is 16.0. The van der Waals surface area contributed by atoms with Crippen LogP contribution in [-0.2, 0) is 4.79 Å². The van der Waals surface area contributed by atoms with E-state index in [0.29, 0.717) is 19.8 Å². The van der Waals surface area contributed by atoms with E-state index in [1.807, 2.05) is 35.2 Å². The van der Waals surface area contributed by atoms with Gasteiger partial charge in [0, 0.05) is 6.54 Å². The van der Waals surface area contributed by atoms with E-state index in [2.05, 4.69) is 17.1 Å². The summed E-state index contributed by atoms with van der Waals surface area (Å²) in [6.45, 7) is 5.97. The summed E-state index contributed by atoms with van der Waals surface area (Å²) < 4.78 is 0. The maximum Gasteiger partial charge on any atom is 0.322 e. The number of carbonyl (C=O) groups excluding carboxylic acids is 2. The first-order chi connectivity index (χ1) is 13.2. The summed E-state index contributed by atoms with van der Waals surface area (Å²) >= 11 is 0. The Morgan fingerprint density at radius 1 is 1.07 bits per heavy atom. The van der Waals surface area contributed by atoms with Gasteiger partial charge in [0.1, 0.15) is 0 Å². The van der Waals surface area contributed by atoms with Crippen LogP contribution in [-0.4, -0.2) is 59.5 Å². The number of nitrogens with one attached hydrogen (secondary N) is 1. The number of hydrogen-bond donors (Lipinski definition) is 1. The third-order valence-corrected chi connectivity index (χ3v) is 5.70. The van der Waals surface area contributed by atoms with Crippen LogP contribution in [0.15, 0.2) is 41.6 Å². The molecule has 1 saturated heterocycles. The van der Waals surface area contributed by atoms with Crippen molar-refractivity contribution < 1.29 is 9.59 Å². The van der Waals surface area contributed by atoms with Crippen LogP contribution in [0.5, 0.6) is 0 Å². The molecule has 3 aliphatic rings. The van der Waals surface area contributed by atoms with Gasteiger partial charge in [0.25, 0.3) is 5.91 Å². The first-order valence-electron chi connectivity index (χ1n) is 10.1. The molecule has 6 heteroatoms. The maximum absolute atomic E-state index is 13.3. The molecule has 0 saturated carbocycles. The molecule has 3 heterocycles. The quantitative estimate of drug-likeness (QED) is 0.869. The second kappa shape index (κ2) is 7.72. The zero-order chi connectivity index (χ0) is 18.8. The van der Waals surface area contributed by atoms with Crippen LogP contribution in [0.3, 0.4) is 0 Å². The molecule has 27 heavy (non-hydrogen) atoms. The monoisotopic (exact) mass is 368 g/mol. The van der Waals surface area contributed by atoms with Crippen LogP contribution < -0.4 is 5.32 Å². The molecule has 0 spiro atoms. The SMILES string of the molecule is CCCN1C(=O)N[C@H](c2ccccc2)C2=C1CN(CN1CCCCC1)C2=O. The van der Waals surface area contributed by atoms with E-state index in [-0.39, 0.29) is 18.0 Å². The molecule has 1 aromatic rings. The number of likely N-dealkylation sites (tertiary alicyclic amines) is 1. The molecule has 6 nitrogen and oxygen atoms in total. The fourth-order valence-electron chi connectivity index (χ4n) is 4.36. The molecular formula is C21H28N4O2. The second-order valence-electron chi connectivity index (χ2n) is 7.63. The van der Waals surface area contributed by atoms with Crippen molar-refractivity contribution in [2.75, 3.05) is 32.8 Å². The molecule has 1 N–H and O–H groups in total. The number of hydrogen-bond acceptors (Lipinski definition) is 3. The number of carbonyl (C=O) groups is 2. The Bertz CT molecular complexity index is 740. The van der Waals surface area contributed by atoms with E-state index in [1.165, 1.54) is 19.3 Å². The van der Waals surface area contributed by atoms with Gasteiger partial charge in [-0.15, -0.1) is 0 Å². The van der Waals surface area contributed by atoms with Gasteiger partial charge < -0.3 is 10.2 Å². The van der Waals surface area contributed by atoms with Gasteiger partial charge in [-0.1, -0.05) is 43.7 Å². The zero-order valence-corrected chi connectivity index (χ0v) is 16.0. The number of piperidine rings is 1. The number of rotatable bonds is 5. The van der Waals surface area contributed by atoms with Gasteiger partial charge in [0.2, 0.25) is 0 Å². The summed E-state index contributed by atoms with van der Waals surface area (Å²) in [7, 11) is 0. The largest absolute Gasteiger partial charge is 0.326 e. The van der Waals surface area contributed by atoms with Crippen LogP contribution in [0, 0.1) is 0 Å². The minimum atomic E-state index is -0.360. The lowest BCUT2D eigenvalue weighted by Gasteiger charge is -2.33. The third kappa shape index (κ3) is 3.46. The summed E-state index contributed by atoms with van der Waals surface area (Å²) in [6, 6.07) is 9.34. The average Bonchev–Trinajstić information content (AvgIpc) is 3.02. The van der Waals surface area contributed by atoms with Crippen molar-refractivity contribution in [1.82, 2.24) is 20.0 Å². The first kappa shape index (κ1) is 18.0. The molecule has 0 aliphatic carbocycles. The number of benzene rings is 1.